The van der Waals surface area contributed by atoms with E-state index >= 15 is 0 Å². The first-order valence-corrected chi connectivity index (χ1v) is 5.22. The number of halogens is 3. The summed E-state index contributed by atoms with van der Waals surface area (Å²) < 4.78 is 38.1. The Morgan fingerprint density at radius 2 is 2.20 bits per heavy atom. The molecule has 0 unspecified atom stereocenters. The van der Waals surface area contributed by atoms with E-state index in [1.165, 1.54) is 4.57 Å². The second kappa shape index (κ2) is 3.58. The second-order valence-corrected chi connectivity index (χ2v) is 4.25. The fraction of sp³-hybridized carbons (Fsp3) is 0.636. The summed E-state index contributed by atoms with van der Waals surface area (Å²) in [5.74, 6) is 0.406. The van der Waals surface area contributed by atoms with Crippen molar-refractivity contribution in [2.24, 2.45) is 0 Å². The van der Waals surface area contributed by atoms with E-state index in [2.05, 4.69) is 6.92 Å². The molecule has 1 aromatic rings. The largest absolute Gasteiger partial charge is 0.406 e. The van der Waals surface area contributed by atoms with Crippen molar-refractivity contribution in [2.45, 2.75) is 44.8 Å². The molecule has 84 valence electrons. The van der Waals surface area contributed by atoms with Crippen molar-refractivity contribution < 1.29 is 13.2 Å². The maximum atomic E-state index is 12.3. The van der Waals surface area contributed by atoms with Gasteiger partial charge in [-0.3, -0.25) is 0 Å². The van der Waals surface area contributed by atoms with Gasteiger partial charge in [0.1, 0.15) is 6.54 Å². The van der Waals surface area contributed by atoms with E-state index in [1.54, 1.807) is 6.20 Å². The molecule has 1 atom stereocenters. The van der Waals surface area contributed by atoms with Gasteiger partial charge in [-0.05, 0) is 36.8 Å². The van der Waals surface area contributed by atoms with Crippen LogP contribution in [0.1, 0.15) is 36.9 Å². The molecule has 1 aromatic heterocycles. The van der Waals surface area contributed by atoms with Crippen LogP contribution in [0.15, 0.2) is 12.3 Å². The molecule has 0 aromatic carbocycles. The van der Waals surface area contributed by atoms with Crippen LogP contribution >= 0.6 is 0 Å². The average molecular weight is 217 g/mol. The highest BCUT2D eigenvalue weighted by Crippen LogP contribution is 2.33. The van der Waals surface area contributed by atoms with Crippen molar-refractivity contribution in [3.8, 4) is 0 Å². The number of alkyl halides is 3. The Bertz CT molecular complexity index is 351. The average Bonchev–Trinajstić information content (AvgIpc) is 2.48. The lowest BCUT2D eigenvalue weighted by Crippen LogP contribution is -2.20. The third-order valence-corrected chi connectivity index (χ3v) is 3.05. The molecule has 1 aliphatic rings. The molecule has 15 heavy (non-hydrogen) atoms. The highest BCUT2D eigenvalue weighted by atomic mass is 19.4. The summed E-state index contributed by atoms with van der Waals surface area (Å²) in [6.45, 7) is 1.23. The van der Waals surface area contributed by atoms with Gasteiger partial charge >= 0.3 is 6.18 Å². The number of hydrogen-bond donors (Lipinski definition) is 0. The Balaban J connectivity index is 2.27. The van der Waals surface area contributed by atoms with Crippen LogP contribution in [0.25, 0.3) is 0 Å². The quantitative estimate of drug-likeness (QED) is 0.678. The molecule has 2 rings (SSSR count). The Hall–Kier alpha value is -0.930. The zero-order valence-corrected chi connectivity index (χ0v) is 8.64. The van der Waals surface area contributed by atoms with Gasteiger partial charge < -0.3 is 4.57 Å². The lowest BCUT2D eigenvalue weighted by Gasteiger charge is -2.21. The van der Waals surface area contributed by atoms with Gasteiger partial charge in [0.25, 0.3) is 0 Å². The predicted molar refractivity (Wildman–Crippen MR) is 51.8 cm³/mol. The molecular weight excluding hydrogens is 203 g/mol. The third-order valence-electron chi connectivity index (χ3n) is 3.05. The second-order valence-electron chi connectivity index (χ2n) is 4.25. The molecule has 0 N–H and O–H groups in total. The van der Waals surface area contributed by atoms with Crippen LogP contribution in [0.5, 0.6) is 0 Å². The number of fused-ring (bicyclic) bond motifs is 1. The summed E-state index contributed by atoms with van der Waals surface area (Å²) in [6, 6.07) is 1.84. The molecule has 0 fully saturated rings. The third kappa shape index (κ3) is 2.19. The van der Waals surface area contributed by atoms with E-state index in [0.717, 1.165) is 30.5 Å². The Morgan fingerprint density at radius 1 is 1.47 bits per heavy atom. The van der Waals surface area contributed by atoms with Crippen LogP contribution in [-0.4, -0.2) is 10.7 Å². The van der Waals surface area contributed by atoms with E-state index in [0.29, 0.717) is 5.92 Å². The molecule has 0 spiro atoms. The van der Waals surface area contributed by atoms with Gasteiger partial charge in [-0.2, -0.15) is 13.2 Å². The first-order chi connectivity index (χ1) is 6.97. The molecule has 0 radical (unpaired) electrons. The van der Waals surface area contributed by atoms with E-state index in [9.17, 15) is 13.2 Å². The van der Waals surface area contributed by atoms with Gasteiger partial charge in [0.2, 0.25) is 0 Å². The molecule has 1 aliphatic carbocycles. The summed E-state index contributed by atoms with van der Waals surface area (Å²) in [5.41, 5.74) is 1.98. The molecule has 0 saturated heterocycles. The Morgan fingerprint density at radius 3 is 2.87 bits per heavy atom. The Labute approximate surface area is 86.9 Å². The fourth-order valence-electron chi connectivity index (χ4n) is 2.33. The standard InChI is InChI=1S/C11H14F3N/c1-8-3-2-4-10-9(8)5-6-15(10)7-11(12,13)14/h5-6,8H,2-4,7H2,1H3/t8-/m1/s1. The van der Waals surface area contributed by atoms with Crippen molar-refractivity contribution >= 4 is 0 Å². The molecule has 1 nitrogen and oxygen atoms in total. The summed E-state index contributed by atoms with van der Waals surface area (Å²) >= 11 is 0. The number of nitrogens with zero attached hydrogens (tertiary/aromatic N) is 1. The summed E-state index contributed by atoms with van der Waals surface area (Å²) in [6.07, 6.45) is 0.315. The molecule has 0 aliphatic heterocycles. The SMILES string of the molecule is C[C@@H]1CCCc2c1ccn2CC(F)(F)F. The van der Waals surface area contributed by atoms with Crippen molar-refractivity contribution in [2.75, 3.05) is 0 Å². The van der Waals surface area contributed by atoms with Crippen LogP contribution in [-0.2, 0) is 13.0 Å². The van der Waals surface area contributed by atoms with Gasteiger partial charge in [-0.1, -0.05) is 6.92 Å². The number of aromatic nitrogens is 1. The van der Waals surface area contributed by atoms with E-state index in [1.807, 2.05) is 6.07 Å². The molecule has 1 heterocycles. The first kappa shape index (κ1) is 10.6. The molecular formula is C11H14F3N. The lowest BCUT2D eigenvalue weighted by atomic mass is 9.88. The van der Waals surface area contributed by atoms with Gasteiger partial charge in [0.05, 0.1) is 0 Å². The van der Waals surface area contributed by atoms with Gasteiger partial charge in [0, 0.05) is 11.9 Å². The van der Waals surface area contributed by atoms with Crippen molar-refractivity contribution in [3.63, 3.8) is 0 Å². The highest BCUT2D eigenvalue weighted by molar-refractivity contribution is 5.28. The topological polar surface area (TPSA) is 4.93 Å². The molecule has 0 bridgehead atoms. The van der Waals surface area contributed by atoms with Gasteiger partial charge in [-0.15, -0.1) is 0 Å². The summed E-state index contributed by atoms with van der Waals surface area (Å²) in [4.78, 5) is 0. The highest BCUT2D eigenvalue weighted by Gasteiger charge is 2.30. The summed E-state index contributed by atoms with van der Waals surface area (Å²) in [5, 5.41) is 0. The number of rotatable bonds is 1. The van der Waals surface area contributed by atoms with Crippen molar-refractivity contribution in [1.82, 2.24) is 4.57 Å². The van der Waals surface area contributed by atoms with Crippen LogP contribution in [0.4, 0.5) is 13.2 Å². The zero-order valence-electron chi connectivity index (χ0n) is 8.64. The van der Waals surface area contributed by atoms with Crippen molar-refractivity contribution in [3.05, 3.63) is 23.5 Å². The minimum Gasteiger partial charge on any atom is -0.342 e. The minimum atomic E-state index is -4.12. The van der Waals surface area contributed by atoms with Crippen LogP contribution in [0.3, 0.4) is 0 Å². The van der Waals surface area contributed by atoms with Crippen molar-refractivity contribution in [1.29, 1.82) is 0 Å². The maximum absolute atomic E-state index is 12.3. The molecule has 0 saturated carbocycles. The van der Waals surface area contributed by atoms with Gasteiger partial charge in [-0.25, -0.2) is 0 Å². The summed E-state index contributed by atoms with van der Waals surface area (Å²) in [7, 11) is 0. The monoisotopic (exact) mass is 217 g/mol. The smallest absolute Gasteiger partial charge is 0.342 e. The van der Waals surface area contributed by atoms with E-state index in [-0.39, 0.29) is 0 Å². The normalized spacial score (nSPS) is 21.5. The van der Waals surface area contributed by atoms with Gasteiger partial charge in [0.15, 0.2) is 0 Å². The van der Waals surface area contributed by atoms with Crippen LogP contribution in [0.2, 0.25) is 0 Å². The maximum Gasteiger partial charge on any atom is 0.406 e. The predicted octanol–water partition coefficient (Wildman–Crippen LogP) is 3.49. The Kier molecular flexibility index (Phi) is 2.52. The van der Waals surface area contributed by atoms with E-state index < -0.39 is 12.7 Å². The van der Waals surface area contributed by atoms with Crippen LogP contribution in [0, 0.1) is 0 Å². The first-order valence-electron chi connectivity index (χ1n) is 5.22. The molecule has 4 heteroatoms. The minimum absolute atomic E-state index is 0.406. The number of hydrogen-bond acceptors (Lipinski definition) is 0. The van der Waals surface area contributed by atoms with E-state index in [4.69, 9.17) is 0 Å². The fourth-order valence-corrected chi connectivity index (χ4v) is 2.33. The zero-order chi connectivity index (χ0) is 11.1. The molecule has 0 amide bonds. The lowest BCUT2D eigenvalue weighted by molar-refractivity contribution is -0.141. The van der Waals surface area contributed by atoms with Crippen LogP contribution < -0.4 is 0 Å².